The third kappa shape index (κ3) is 6.84. The highest BCUT2D eigenvalue weighted by molar-refractivity contribution is 14.0. The van der Waals surface area contributed by atoms with Crippen LogP contribution >= 0.6 is 24.0 Å². The molecular formula is C20H28IN3O2. The molecule has 0 bridgehead atoms. The Morgan fingerprint density at radius 1 is 0.923 bits per heavy atom. The number of hydrogen-bond acceptors (Lipinski definition) is 3. The summed E-state index contributed by atoms with van der Waals surface area (Å²) in [5.74, 6) is 1.65. The van der Waals surface area contributed by atoms with Crippen molar-refractivity contribution < 1.29 is 9.47 Å². The summed E-state index contributed by atoms with van der Waals surface area (Å²) in [6.07, 6.45) is 0. The van der Waals surface area contributed by atoms with E-state index in [1.54, 1.807) is 14.2 Å². The maximum absolute atomic E-state index is 5.66. The van der Waals surface area contributed by atoms with Gasteiger partial charge in [0, 0.05) is 32.8 Å². The van der Waals surface area contributed by atoms with Gasteiger partial charge >= 0.3 is 0 Å². The number of halogens is 1. The quantitative estimate of drug-likeness (QED) is 0.352. The van der Waals surface area contributed by atoms with Crippen molar-refractivity contribution in [2.45, 2.75) is 26.6 Å². The minimum absolute atomic E-state index is 0. The van der Waals surface area contributed by atoms with Crippen LogP contribution < -0.4 is 15.4 Å². The van der Waals surface area contributed by atoms with Crippen molar-refractivity contribution in [2.24, 2.45) is 4.99 Å². The predicted octanol–water partition coefficient (Wildman–Crippen LogP) is 3.71. The van der Waals surface area contributed by atoms with Gasteiger partial charge in [-0.25, -0.2) is 0 Å². The molecule has 0 heterocycles. The third-order valence-corrected chi connectivity index (χ3v) is 3.81. The molecule has 0 radical (unpaired) electrons. The molecule has 26 heavy (non-hydrogen) atoms. The fourth-order valence-corrected chi connectivity index (χ4v) is 2.55. The van der Waals surface area contributed by atoms with E-state index in [2.05, 4.69) is 33.8 Å². The average Bonchev–Trinajstić information content (AvgIpc) is 2.64. The molecule has 5 nitrogen and oxygen atoms in total. The second-order valence-corrected chi connectivity index (χ2v) is 5.52. The van der Waals surface area contributed by atoms with Crippen molar-refractivity contribution in [3.8, 4) is 5.75 Å². The lowest BCUT2D eigenvalue weighted by Crippen LogP contribution is -2.36. The highest BCUT2D eigenvalue weighted by Crippen LogP contribution is 2.17. The number of guanidine groups is 1. The monoisotopic (exact) mass is 469 g/mol. The first-order valence-electron chi connectivity index (χ1n) is 8.49. The van der Waals surface area contributed by atoms with Crippen molar-refractivity contribution in [3.05, 3.63) is 65.2 Å². The van der Waals surface area contributed by atoms with E-state index in [-0.39, 0.29) is 24.0 Å². The summed E-state index contributed by atoms with van der Waals surface area (Å²) in [7, 11) is 3.48. The van der Waals surface area contributed by atoms with Gasteiger partial charge in [0.25, 0.3) is 0 Å². The maximum atomic E-state index is 5.66. The molecule has 0 aliphatic rings. The largest absolute Gasteiger partial charge is 0.494 e. The Balaban J connectivity index is 0.00000338. The lowest BCUT2D eigenvalue weighted by molar-refractivity contribution is 0.184. The molecule has 0 aromatic heterocycles. The molecule has 0 atom stereocenters. The molecule has 2 N–H and O–H groups in total. The van der Waals surface area contributed by atoms with Crippen molar-refractivity contribution >= 4 is 29.9 Å². The predicted molar refractivity (Wildman–Crippen MR) is 117 cm³/mol. The lowest BCUT2D eigenvalue weighted by atomic mass is 10.1. The Hall–Kier alpha value is -1.80. The van der Waals surface area contributed by atoms with Crippen LogP contribution in [0.1, 0.15) is 23.6 Å². The molecule has 2 rings (SSSR count). The van der Waals surface area contributed by atoms with E-state index in [0.29, 0.717) is 26.3 Å². The Kier molecular flexibility index (Phi) is 10.7. The zero-order valence-electron chi connectivity index (χ0n) is 15.6. The molecule has 0 amide bonds. The summed E-state index contributed by atoms with van der Waals surface area (Å²) in [6, 6.07) is 16.3. The summed E-state index contributed by atoms with van der Waals surface area (Å²) in [4.78, 5) is 4.29. The normalized spacial score (nSPS) is 10.8. The van der Waals surface area contributed by atoms with E-state index in [4.69, 9.17) is 9.47 Å². The molecule has 0 saturated carbocycles. The Labute approximate surface area is 173 Å². The van der Waals surface area contributed by atoms with Crippen molar-refractivity contribution in [3.63, 3.8) is 0 Å². The van der Waals surface area contributed by atoms with E-state index in [1.165, 1.54) is 11.1 Å². The second-order valence-electron chi connectivity index (χ2n) is 5.52. The van der Waals surface area contributed by atoms with Crippen molar-refractivity contribution in [2.75, 3.05) is 20.8 Å². The highest BCUT2D eigenvalue weighted by Gasteiger charge is 2.06. The summed E-state index contributed by atoms with van der Waals surface area (Å²) in [5.41, 5.74) is 3.48. The van der Waals surface area contributed by atoms with Crippen LogP contribution in [-0.2, 0) is 24.4 Å². The van der Waals surface area contributed by atoms with E-state index < -0.39 is 0 Å². The molecule has 0 fully saturated rings. The van der Waals surface area contributed by atoms with Crippen LogP contribution in [0.5, 0.6) is 5.75 Å². The molecule has 0 unspecified atom stereocenters. The van der Waals surface area contributed by atoms with Gasteiger partial charge in [-0.15, -0.1) is 24.0 Å². The Morgan fingerprint density at radius 3 is 2.12 bits per heavy atom. The molecule has 142 valence electrons. The topological polar surface area (TPSA) is 54.9 Å². The first-order valence-corrected chi connectivity index (χ1v) is 8.49. The smallest absolute Gasteiger partial charge is 0.191 e. The first-order chi connectivity index (χ1) is 12.3. The van der Waals surface area contributed by atoms with Crippen molar-refractivity contribution in [1.82, 2.24) is 10.6 Å². The van der Waals surface area contributed by atoms with Gasteiger partial charge < -0.3 is 20.1 Å². The molecule has 0 aliphatic carbocycles. The molecule has 0 spiro atoms. The standard InChI is InChI=1S/C20H27N3O2.HI/c1-4-25-19-12-8-7-10-17(19)14-23-20(21-2)22-13-16-9-5-6-11-18(16)15-24-3;/h5-12H,4,13-15H2,1-3H3,(H2,21,22,23);1H. The number of aliphatic imine (C=N–C) groups is 1. The van der Waals surface area contributed by atoms with E-state index in [0.717, 1.165) is 17.3 Å². The minimum atomic E-state index is 0. The van der Waals surface area contributed by atoms with Crippen LogP contribution in [0.25, 0.3) is 0 Å². The van der Waals surface area contributed by atoms with E-state index in [9.17, 15) is 0 Å². The van der Waals surface area contributed by atoms with Gasteiger partial charge in [-0.1, -0.05) is 42.5 Å². The minimum Gasteiger partial charge on any atom is -0.494 e. The molecule has 0 aliphatic heterocycles. The van der Waals surface area contributed by atoms with Crippen molar-refractivity contribution in [1.29, 1.82) is 0 Å². The lowest BCUT2D eigenvalue weighted by Gasteiger charge is -2.15. The summed E-state index contributed by atoms with van der Waals surface area (Å²) < 4.78 is 10.9. The summed E-state index contributed by atoms with van der Waals surface area (Å²) >= 11 is 0. The van der Waals surface area contributed by atoms with Crippen LogP contribution in [0.4, 0.5) is 0 Å². The SMILES string of the molecule is CCOc1ccccc1CNC(=NC)NCc1ccccc1COC.I. The van der Waals surface area contributed by atoms with Gasteiger partial charge in [0.05, 0.1) is 13.2 Å². The Bertz CT molecular complexity index is 637. The third-order valence-electron chi connectivity index (χ3n) is 3.81. The molecular weight excluding hydrogens is 441 g/mol. The number of methoxy groups -OCH3 is 1. The molecule has 6 heteroatoms. The number of benzene rings is 2. The fraction of sp³-hybridized carbons (Fsp3) is 0.350. The Morgan fingerprint density at radius 2 is 1.50 bits per heavy atom. The van der Waals surface area contributed by atoms with E-state index >= 15 is 0 Å². The number of nitrogens with zero attached hydrogens (tertiary/aromatic N) is 1. The van der Waals surface area contributed by atoms with E-state index in [1.807, 2.05) is 37.3 Å². The fourth-order valence-electron chi connectivity index (χ4n) is 2.55. The number of ether oxygens (including phenoxy) is 2. The average molecular weight is 469 g/mol. The molecule has 2 aromatic carbocycles. The molecule has 0 saturated heterocycles. The van der Waals surface area contributed by atoms with Crippen LogP contribution in [0.3, 0.4) is 0 Å². The number of para-hydroxylation sites is 1. The zero-order chi connectivity index (χ0) is 17.9. The van der Waals surface area contributed by atoms with Gasteiger partial charge in [0.15, 0.2) is 5.96 Å². The van der Waals surface area contributed by atoms with Crippen LogP contribution in [0.15, 0.2) is 53.5 Å². The molecule has 2 aromatic rings. The highest BCUT2D eigenvalue weighted by atomic mass is 127. The van der Waals surface area contributed by atoms with Crippen LogP contribution in [0.2, 0.25) is 0 Å². The van der Waals surface area contributed by atoms with Crippen LogP contribution in [0, 0.1) is 0 Å². The number of nitrogens with one attached hydrogen (secondary N) is 2. The summed E-state index contributed by atoms with van der Waals surface area (Å²) in [6.45, 7) is 4.58. The number of rotatable bonds is 8. The van der Waals surface area contributed by atoms with Gasteiger partial charge in [-0.2, -0.15) is 0 Å². The van der Waals surface area contributed by atoms with Gasteiger partial charge in [0.1, 0.15) is 5.75 Å². The zero-order valence-corrected chi connectivity index (χ0v) is 17.9. The van der Waals surface area contributed by atoms with Crippen LogP contribution in [-0.4, -0.2) is 26.7 Å². The summed E-state index contributed by atoms with van der Waals surface area (Å²) in [5, 5.41) is 6.68. The number of hydrogen-bond donors (Lipinski definition) is 2. The maximum Gasteiger partial charge on any atom is 0.191 e. The van der Waals surface area contributed by atoms with Gasteiger partial charge in [-0.05, 0) is 24.1 Å². The van der Waals surface area contributed by atoms with Gasteiger partial charge in [-0.3, -0.25) is 4.99 Å². The van der Waals surface area contributed by atoms with Gasteiger partial charge in [0.2, 0.25) is 0 Å². The first kappa shape index (κ1) is 22.2. The second kappa shape index (κ2) is 12.5.